The van der Waals surface area contributed by atoms with Crippen molar-refractivity contribution in [3.63, 3.8) is 0 Å². The maximum absolute atomic E-state index is 12.8. The summed E-state index contributed by atoms with van der Waals surface area (Å²) in [6.45, 7) is 0.466. The van der Waals surface area contributed by atoms with Crippen molar-refractivity contribution in [3.8, 4) is 22.6 Å². The summed E-state index contributed by atoms with van der Waals surface area (Å²) >= 11 is 6.38. The number of aromatic nitrogens is 5. The van der Waals surface area contributed by atoms with Gasteiger partial charge in [0.2, 0.25) is 0 Å². The molecular weight excluding hydrogens is 416 g/mol. The Morgan fingerprint density at radius 2 is 2.03 bits per heavy atom. The number of nitrogens with one attached hydrogen (secondary N) is 2. The molecule has 5 rings (SSSR count). The Bertz CT molecular complexity index is 1440. The van der Waals surface area contributed by atoms with Gasteiger partial charge in [0.1, 0.15) is 16.9 Å². The lowest BCUT2D eigenvalue weighted by atomic mass is 10.1. The summed E-state index contributed by atoms with van der Waals surface area (Å²) in [7, 11) is 1.82. The molecule has 2 N–H and O–H groups in total. The fourth-order valence-electron chi connectivity index (χ4n) is 3.36. The van der Waals surface area contributed by atoms with Crippen LogP contribution >= 0.6 is 11.6 Å². The first kappa shape index (κ1) is 19.1. The SMILES string of the molecule is Cn1ccc(-c2nc(NCc3ccccc3)c(=O)[nH]c2-c2cc(Cl)c3ncoc3c2)n1. The molecule has 0 aliphatic heterocycles. The molecule has 3 heterocycles. The molecule has 31 heavy (non-hydrogen) atoms. The van der Waals surface area contributed by atoms with Gasteiger partial charge in [-0.15, -0.1) is 0 Å². The fourth-order valence-corrected chi connectivity index (χ4v) is 3.62. The molecule has 0 unspecified atom stereocenters. The molecule has 9 heteroatoms. The number of aryl methyl sites for hydroxylation is 1. The molecule has 0 saturated heterocycles. The third-order valence-electron chi connectivity index (χ3n) is 4.85. The Labute approximate surface area is 181 Å². The van der Waals surface area contributed by atoms with Crippen LogP contribution in [0.1, 0.15) is 5.56 Å². The second-order valence-corrected chi connectivity index (χ2v) is 7.42. The number of hydrogen-bond acceptors (Lipinski definition) is 6. The minimum absolute atomic E-state index is 0.208. The minimum Gasteiger partial charge on any atom is -0.443 e. The van der Waals surface area contributed by atoms with Crippen molar-refractivity contribution in [2.45, 2.75) is 6.54 Å². The number of fused-ring (bicyclic) bond motifs is 1. The normalized spacial score (nSPS) is 11.2. The lowest BCUT2D eigenvalue weighted by Crippen LogP contribution is -2.18. The smallest absolute Gasteiger partial charge is 0.291 e. The molecule has 154 valence electrons. The number of halogens is 1. The van der Waals surface area contributed by atoms with Crippen LogP contribution in [0.3, 0.4) is 0 Å². The van der Waals surface area contributed by atoms with Crippen molar-refractivity contribution >= 4 is 28.5 Å². The molecule has 5 aromatic rings. The zero-order valence-electron chi connectivity index (χ0n) is 16.5. The van der Waals surface area contributed by atoms with Crippen LogP contribution in [-0.2, 0) is 13.6 Å². The van der Waals surface area contributed by atoms with E-state index in [4.69, 9.17) is 16.0 Å². The van der Waals surface area contributed by atoms with Crippen molar-refractivity contribution in [3.05, 3.63) is 82.1 Å². The highest BCUT2D eigenvalue weighted by atomic mass is 35.5. The van der Waals surface area contributed by atoms with Crippen LogP contribution in [0.2, 0.25) is 5.02 Å². The van der Waals surface area contributed by atoms with Crippen LogP contribution in [0.4, 0.5) is 5.82 Å². The van der Waals surface area contributed by atoms with Crippen LogP contribution in [0.25, 0.3) is 33.7 Å². The van der Waals surface area contributed by atoms with Crippen molar-refractivity contribution in [2.75, 3.05) is 5.32 Å². The van der Waals surface area contributed by atoms with Gasteiger partial charge in [0, 0.05) is 25.4 Å². The summed E-state index contributed by atoms with van der Waals surface area (Å²) in [5.41, 5.74) is 4.04. The molecule has 0 spiro atoms. The van der Waals surface area contributed by atoms with E-state index in [2.05, 4.69) is 25.4 Å². The largest absolute Gasteiger partial charge is 0.443 e. The Morgan fingerprint density at radius 1 is 1.19 bits per heavy atom. The maximum atomic E-state index is 12.8. The van der Waals surface area contributed by atoms with Gasteiger partial charge in [-0.05, 0) is 23.8 Å². The summed E-state index contributed by atoms with van der Waals surface area (Å²) in [6, 6.07) is 15.1. The van der Waals surface area contributed by atoms with Gasteiger partial charge in [-0.3, -0.25) is 9.48 Å². The molecule has 3 aromatic heterocycles. The molecule has 2 aromatic carbocycles. The highest BCUT2D eigenvalue weighted by molar-refractivity contribution is 6.35. The Morgan fingerprint density at radius 3 is 2.81 bits per heavy atom. The van der Waals surface area contributed by atoms with E-state index in [0.29, 0.717) is 45.3 Å². The zero-order chi connectivity index (χ0) is 21.4. The lowest BCUT2D eigenvalue weighted by Gasteiger charge is -2.11. The number of benzene rings is 2. The summed E-state index contributed by atoms with van der Waals surface area (Å²) < 4.78 is 7.09. The summed E-state index contributed by atoms with van der Waals surface area (Å²) in [5.74, 6) is 0.208. The first-order valence-corrected chi connectivity index (χ1v) is 9.91. The van der Waals surface area contributed by atoms with Crippen LogP contribution in [-0.4, -0.2) is 24.7 Å². The third kappa shape index (κ3) is 3.69. The van der Waals surface area contributed by atoms with Gasteiger partial charge in [-0.1, -0.05) is 41.9 Å². The van der Waals surface area contributed by atoms with Crippen LogP contribution in [0, 0.1) is 0 Å². The Kier molecular flexibility index (Phi) is 4.76. The molecular formula is C22H17ClN6O2. The molecule has 0 atom stereocenters. The van der Waals surface area contributed by atoms with Crippen LogP contribution in [0.15, 0.2) is 70.3 Å². The number of rotatable bonds is 5. The van der Waals surface area contributed by atoms with E-state index >= 15 is 0 Å². The zero-order valence-corrected chi connectivity index (χ0v) is 17.2. The average Bonchev–Trinajstić information content (AvgIpc) is 3.42. The standard InChI is InChI=1S/C22H17ClN6O2/c1-29-8-7-16(28-29)20-18(14-9-15(23)19-17(10-14)31-12-25-19)27-22(30)21(26-20)24-11-13-5-3-2-4-6-13/h2-10,12H,11H2,1H3,(H,24,26)(H,27,30). The number of H-pyrrole nitrogens is 1. The summed E-state index contributed by atoms with van der Waals surface area (Å²) in [6.07, 6.45) is 3.15. The predicted molar refractivity (Wildman–Crippen MR) is 119 cm³/mol. The fraction of sp³-hybridized carbons (Fsp3) is 0.0909. The molecule has 0 amide bonds. The van der Waals surface area contributed by atoms with Gasteiger partial charge >= 0.3 is 0 Å². The third-order valence-corrected chi connectivity index (χ3v) is 5.14. The van der Waals surface area contributed by atoms with Crippen molar-refractivity contribution in [2.24, 2.45) is 7.05 Å². The van der Waals surface area contributed by atoms with E-state index in [1.54, 1.807) is 16.8 Å². The molecule has 0 radical (unpaired) electrons. The lowest BCUT2D eigenvalue weighted by molar-refractivity contribution is 0.602. The second-order valence-electron chi connectivity index (χ2n) is 7.01. The van der Waals surface area contributed by atoms with Crippen LogP contribution < -0.4 is 10.9 Å². The highest BCUT2D eigenvalue weighted by Gasteiger charge is 2.18. The summed E-state index contributed by atoms with van der Waals surface area (Å²) in [4.78, 5) is 24.5. The number of nitrogens with zero attached hydrogens (tertiary/aromatic N) is 4. The van der Waals surface area contributed by atoms with Gasteiger partial charge in [-0.2, -0.15) is 5.10 Å². The predicted octanol–water partition coefficient (Wildman–Crippen LogP) is 4.24. The Balaban J connectivity index is 1.63. The quantitative estimate of drug-likeness (QED) is 0.430. The van der Waals surface area contributed by atoms with Gasteiger partial charge < -0.3 is 14.7 Å². The van der Waals surface area contributed by atoms with E-state index in [-0.39, 0.29) is 11.4 Å². The van der Waals surface area contributed by atoms with Crippen molar-refractivity contribution in [1.82, 2.24) is 24.7 Å². The topological polar surface area (TPSA) is 102 Å². The first-order valence-electron chi connectivity index (χ1n) is 9.54. The number of aromatic amines is 1. The monoisotopic (exact) mass is 432 g/mol. The minimum atomic E-state index is -0.348. The van der Waals surface area contributed by atoms with Gasteiger partial charge in [0.05, 0.1) is 10.7 Å². The van der Waals surface area contributed by atoms with Crippen LogP contribution in [0.5, 0.6) is 0 Å². The maximum Gasteiger partial charge on any atom is 0.291 e. The average molecular weight is 433 g/mol. The molecule has 0 aliphatic rings. The van der Waals surface area contributed by atoms with E-state index in [1.807, 2.05) is 49.6 Å². The van der Waals surface area contributed by atoms with E-state index in [1.165, 1.54) is 6.39 Å². The molecule has 0 fully saturated rings. The number of oxazole rings is 1. The van der Waals surface area contributed by atoms with E-state index in [0.717, 1.165) is 5.56 Å². The molecule has 0 aliphatic carbocycles. The molecule has 0 bridgehead atoms. The molecule has 0 saturated carbocycles. The van der Waals surface area contributed by atoms with Gasteiger partial charge in [-0.25, -0.2) is 9.97 Å². The van der Waals surface area contributed by atoms with Gasteiger partial charge in [0.15, 0.2) is 17.8 Å². The number of hydrogen-bond donors (Lipinski definition) is 2. The Hall–Kier alpha value is -3.91. The first-order chi connectivity index (χ1) is 15.1. The summed E-state index contributed by atoms with van der Waals surface area (Å²) in [5, 5.41) is 8.00. The second kappa shape index (κ2) is 7.73. The van der Waals surface area contributed by atoms with Gasteiger partial charge in [0.25, 0.3) is 5.56 Å². The van der Waals surface area contributed by atoms with Crippen molar-refractivity contribution < 1.29 is 4.42 Å². The highest BCUT2D eigenvalue weighted by Crippen LogP contribution is 2.33. The van der Waals surface area contributed by atoms with E-state index < -0.39 is 0 Å². The molecule has 8 nitrogen and oxygen atoms in total. The number of anilines is 1. The van der Waals surface area contributed by atoms with E-state index in [9.17, 15) is 4.79 Å². The van der Waals surface area contributed by atoms with Crippen molar-refractivity contribution in [1.29, 1.82) is 0 Å².